The third kappa shape index (κ3) is 5.67. The fourth-order valence-electron chi connectivity index (χ4n) is 2.38. The van der Waals surface area contributed by atoms with Gasteiger partial charge in [-0.2, -0.15) is 0 Å². The summed E-state index contributed by atoms with van der Waals surface area (Å²) in [5.74, 6) is 0.403. The van der Waals surface area contributed by atoms with E-state index in [4.69, 9.17) is 4.74 Å². The quantitative estimate of drug-likeness (QED) is 0.631. The highest BCUT2D eigenvalue weighted by Crippen LogP contribution is 2.29. The lowest BCUT2D eigenvalue weighted by Gasteiger charge is -2.12. The molecule has 136 valence electrons. The lowest BCUT2D eigenvalue weighted by molar-refractivity contribution is -0.126. The van der Waals surface area contributed by atoms with Crippen LogP contribution in [0.15, 0.2) is 79.1 Å². The molecule has 0 atom stereocenters. The van der Waals surface area contributed by atoms with Crippen LogP contribution >= 0.6 is 0 Å². The molecule has 0 aliphatic carbocycles. The van der Waals surface area contributed by atoms with E-state index in [2.05, 4.69) is 15.6 Å². The Bertz CT molecular complexity index is 899. The van der Waals surface area contributed by atoms with Gasteiger partial charge in [0.15, 0.2) is 5.75 Å². The van der Waals surface area contributed by atoms with Crippen molar-refractivity contribution in [3.05, 3.63) is 84.7 Å². The molecule has 0 radical (unpaired) electrons. The molecule has 0 unspecified atom stereocenters. The fourth-order valence-corrected chi connectivity index (χ4v) is 2.38. The molecule has 0 aliphatic heterocycles. The van der Waals surface area contributed by atoms with E-state index in [0.29, 0.717) is 23.7 Å². The standard InChI is InChI=1S/C21H19N3O3/c25-20(23-15-16-10-12-22-13-11-16)14-21(26)24-18-8-4-5-9-19(18)27-17-6-2-1-3-7-17/h1-13H,14-15H2,(H,23,25)(H,24,26). The zero-order valence-corrected chi connectivity index (χ0v) is 14.6. The maximum atomic E-state index is 12.2. The van der Waals surface area contributed by atoms with E-state index in [0.717, 1.165) is 5.56 Å². The number of para-hydroxylation sites is 3. The number of rotatable bonds is 7. The lowest BCUT2D eigenvalue weighted by Crippen LogP contribution is -2.27. The summed E-state index contributed by atoms with van der Waals surface area (Å²) in [5, 5.41) is 5.44. The summed E-state index contributed by atoms with van der Waals surface area (Å²) in [7, 11) is 0. The van der Waals surface area contributed by atoms with Crippen molar-refractivity contribution in [3.8, 4) is 11.5 Å². The number of aromatic nitrogens is 1. The maximum absolute atomic E-state index is 12.2. The molecule has 2 amide bonds. The SMILES string of the molecule is O=C(CC(=O)Nc1ccccc1Oc1ccccc1)NCc1ccncc1. The van der Waals surface area contributed by atoms with Crippen LogP contribution in [0.4, 0.5) is 5.69 Å². The summed E-state index contributed by atoms with van der Waals surface area (Å²) < 4.78 is 5.80. The summed E-state index contributed by atoms with van der Waals surface area (Å²) in [5.41, 5.74) is 1.42. The zero-order chi connectivity index (χ0) is 18.9. The Morgan fingerprint density at radius 2 is 1.56 bits per heavy atom. The van der Waals surface area contributed by atoms with E-state index in [1.165, 1.54) is 0 Å². The molecule has 2 aromatic carbocycles. The Balaban J connectivity index is 1.55. The number of benzene rings is 2. The van der Waals surface area contributed by atoms with E-state index in [-0.39, 0.29) is 12.3 Å². The molecule has 3 rings (SSSR count). The van der Waals surface area contributed by atoms with Crippen molar-refractivity contribution in [2.45, 2.75) is 13.0 Å². The largest absolute Gasteiger partial charge is 0.455 e. The Labute approximate surface area is 157 Å². The second-order valence-electron chi connectivity index (χ2n) is 5.77. The molecule has 0 bridgehead atoms. The average Bonchev–Trinajstić information content (AvgIpc) is 2.69. The Morgan fingerprint density at radius 1 is 0.852 bits per heavy atom. The first-order valence-electron chi connectivity index (χ1n) is 8.48. The van der Waals surface area contributed by atoms with Gasteiger partial charge < -0.3 is 15.4 Å². The van der Waals surface area contributed by atoms with Crippen LogP contribution in [0.3, 0.4) is 0 Å². The Hall–Kier alpha value is -3.67. The van der Waals surface area contributed by atoms with Crippen LogP contribution in [0.25, 0.3) is 0 Å². The maximum Gasteiger partial charge on any atom is 0.233 e. The minimum atomic E-state index is -0.411. The molecule has 6 heteroatoms. The molecular formula is C21H19N3O3. The minimum Gasteiger partial charge on any atom is -0.455 e. The number of amides is 2. The molecule has 0 aliphatic rings. The van der Waals surface area contributed by atoms with E-state index >= 15 is 0 Å². The van der Waals surface area contributed by atoms with Crippen LogP contribution < -0.4 is 15.4 Å². The molecule has 6 nitrogen and oxygen atoms in total. The van der Waals surface area contributed by atoms with Crippen LogP contribution in [-0.2, 0) is 16.1 Å². The monoisotopic (exact) mass is 361 g/mol. The van der Waals surface area contributed by atoms with Gasteiger partial charge in [-0.15, -0.1) is 0 Å². The summed E-state index contributed by atoms with van der Waals surface area (Å²) >= 11 is 0. The van der Waals surface area contributed by atoms with E-state index < -0.39 is 5.91 Å². The smallest absolute Gasteiger partial charge is 0.233 e. The van der Waals surface area contributed by atoms with Crippen molar-refractivity contribution in [2.75, 3.05) is 5.32 Å². The van der Waals surface area contributed by atoms with Crippen molar-refractivity contribution < 1.29 is 14.3 Å². The van der Waals surface area contributed by atoms with Crippen LogP contribution in [0.1, 0.15) is 12.0 Å². The van der Waals surface area contributed by atoms with Crippen molar-refractivity contribution in [1.29, 1.82) is 0 Å². The number of hydrogen-bond donors (Lipinski definition) is 2. The summed E-state index contributed by atoms with van der Waals surface area (Å²) in [4.78, 5) is 28.1. The van der Waals surface area contributed by atoms with Crippen LogP contribution in [-0.4, -0.2) is 16.8 Å². The molecule has 0 fully saturated rings. The van der Waals surface area contributed by atoms with E-state index in [1.807, 2.05) is 36.4 Å². The molecular weight excluding hydrogens is 342 g/mol. The number of carbonyl (C=O) groups is 2. The highest BCUT2D eigenvalue weighted by atomic mass is 16.5. The van der Waals surface area contributed by atoms with Gasteiger partial charge in [-0.1, -0.05) is 30.3 Å². The van der Waals surface area contributed by atoms with Crippen molar-refractivity contribution in [2.24, 2.45) is 0 Å². The number of ether oxygens (including phenoxy) is 1. The second kappa shape index (κ2) is 9.15. The first-order valence-corrected chi connectivity index (χ1v) is 8.48. The third-order valence-electron chi connectivity index (χ3n) is 3.69. The van der Waals surface area contributed by atoms with Gasteiger partial charge in [0, 0.05) is 18.9 Å². The minimum absolute atomic E-state index is 0.273. The predicted octanol–water partition coefficient (Wildman–Crippen LogP) is 3.52. The Kier molecular flexibility index (Phi) is 6.14. The zero-order valence-electron chi connectivity index (χ0n) is 14.6. The van der Waals surface area contributed by atoms with Gasteiger partial charge in [-0.3, -0.25) is 14.6 Å². The van der Waals surface area contributed by atoms with Crippen LogP contribution in [0.2, 0.25) is 0 Å². The van der Waals surface area contributed by atoms with Gasteiger partial charge in [-0.05, 0) is 42.0 Å². The number of pyridine rings is 1. The first kappa shape index (κ1) is 18.1. The topological polar surface area (TPSA) is 80.3 Å². The Morgan fingerprint density at radius 3 is 2.33 bits per heavy atom. The van der Waals surface area contributed by atoms with Crippen molar-refractivity contribution >= 4 is 17.5 Å². The number of anilines is 1. The molecule has 0 saturated carbocycles. The van der Waals surface area contributed by atoms with Crippen LogP contribution in [0.5, 0.6) is 11.5 Å². The fraction of sp³-hybridized carbons (Fsp3) is 0.0952. The van der Waals surface area contributed by atoms with Gasteiger partial charge >= 0.3 is 0 Å². The van der Waals surface area contributed by atoms with Gasteiger partial charge in [0.2, 0.25) is 11.8 Å². The second-order valence-corrected chi connectivity index (χ2v) is 5.77. The number of hydrogen-bond acceptors (Lipinski definition) is 4. The first-order chi connectivity index (χ1) is 13.2. The summed E-state index contributed by atoms with van der Waals surface area (Å²) in [6.45, 7) is 0.350. The van der Waals surface area contributed by atoms with Gasteiger partial charge in [-0.25, -0.2) is 0 Å². The van der Waals surface area contributed by atoms with Crippen molar-refractivity contribution in [1.82, 2.24) is 10.3 Å². The van der Waals surface area contributed by atoms with Gasteiger partial charge in [0.05, 0.1) is 5.69 Å². The van der Waals surface area contributed by atoms with Gasteiger partial charge in [0.1, 0.15) is 12.2 Å². The average molecular weight is 361 g/mol. The van der Waals surface area contributed by atoms with E-state index in [1.54, 1.807) is 42.7 Å². The summed E-state index contributed by atoms with van der Waals surface area (Å²) in [6, 6.07) is 20.0. The molecule has 1 heterocycles. The third-order valence-corrected chi connectivity index (χ3v) is 3.69. The molecule has 0 saturated heterocycles. The molecule has 27 heavy (non-hydrogen) atoms. The predicted molar refractivity (Wildman–Crippen MR) is 102 cm³/mol. The highest BCUT2D eigenvalue weighted by Gasteiger charge is 2.12. The van der Waals surface area contributed by atoms with Gasteiger partial charge in [0.25, 0.3) is 0 Å². The summed E-state index contributed by atoms with van der Waals surface area (Å²) in [6.07, 6.45) is 3.03. The van der Waals surface area contributed by atoms with Crippen LogP contribution in [0, 0.1) is 0 Å². The van der Waals surface area contributed by atoms with Crippen molar-refractivity contribution in [3.63, 3.8) is 0 Å². The normalized spacial score (nSPS) is 10.1. The highest BCUT2D eigenvalue weighted by molar-refractivity contribution is 6.04. The molecule has 3 aromatic rings. The molecule has 1 aromatic heterocycles. The molecule has 2 N–H and O–H groups in total. The lowest BCUT2D eigenvalue weighted by atomic mass is 10.2. The number of nitrogens with one attached hydrogen (secondary N) is 2. The number of nitrogens with zero attached hydrogens (tertiary/aromatic N) is 1. The number of carbonyl (C=O) groups excluding carboxylic acids is 2. The van der Waals surface area contributed by atoms with E-state index in [9.17, 15) is 9.59 Å². The molecule has 0 spiro atoms.